The number of carbonyl (C=O) groups is 1. The van der Waals surface area contributed by atoms with Gasteiger partial charge in [0.2, 0.25) is 5.91 Å². The Balaban J connectivity index is 1.46. The van der Waals surface area contributed by atoms with Crippen LogP contribution in [-0.2, 0) is 11.8 Å². The number of hydrogen-bond donors (Lipinski definition) is 2. The van der Waals surface area contributed by atoms with Gasteiger partial charge in [0.15, 0.2) is 5.82 Å². The maximum Gasteiger partial charge on any atom is 0.241 e. The monoisotopic (exact) mass is 325 g/mol. The summed E-state index contributed by atoms with van der Waals surface area (Å²) < 4.78 is 1.87. The minimum Gasteiger partial charge on any atom is -0.325 e. The Hall–Kier alpha value is -2.21. The number of benzene rings is 1. The summed E-state index contributed by atoms with van der Waals surface area (Å²) in [5.41, 5.74) is 1.75. The van der Waals surface area contributed by atoms with Gasteiger partial charge in [-0.3, -0.25) is 4.79 Å². The van der Waals surface area contributed by atoms with Gasteiger partial charge in [-0.05, 0) is 37.3 Å². The number of carbonyl (C=O) groups excluding carboxylic acids is 1. The van der Waals surface area contributed by atoms with Gasteiger partial charge in [-0.2, -0.15) is 0 Å². The third kappa shape index (κ3) is 2.94. The van der Waals surface area contributed by atoms with Crippen LogP contribution in [0.25, 0.3) is 11.4 Å². The number of aryl methyl sites for hydroxylation is 1. The molecular formula is C18H23N5O. The second-order valence-corrected chi connectivity index (χ2v) is 6.94. The molecule has 0 radical (unpaired) electrons. The molecule has 2 aromatic rings. The maximum absolute atomic E-state index is 12.6. The number of hydrogen-bond acceptors (Lipinski definition) is 4. The largest absolute Gasteiger partial charge is 0.325 e. The van der Waals surface area contributed by atoms with E-state index in [4.69, 9.17) is 0 Å². The van der Waals surface area contributed by atoms with Crippen molar-refractivity contribution in [1.82, 2.24) is 20.1 Å². The van der Waals surface area contributed by atoms with Crippen molar-refractivity contribution in [2.45, 2.75) is 44.2 Å². The van der Waals surface area contributed by atoms with Crippen LogP contribution in [0.3, 0.4) is 0 Å². The van der Waals surface area contributed by atoms with E-state index in [1.165, 1.54) is 25.7 Å². The highest BCUT2D eigenvalue weighted by atomic mass is 16.2. The Kier molecular flexibility index (Phi) is 4.06. The summed E-state index contributed by atoms with van der Waals surface area (Å²) in [4.78, 5) is 12.6. The van der Waals surface area contributed by atoms with E-state index >= 15 is 0 Å². The molecule has 0 spiro atoms. The Morgan fingerprint density at radius 2 is 2.21 bits per heavy atom. The molecule has 24 heavy (non-hydrogen) atoms. The maximum atomic E-state index is 12.6. The molecule has 2 heterocycles. The Bertz CT molecular complexity index is 727. The van der Waals surface area contributed by atoms with Gasteiger partial charge >= 0.3 is 0 Å². The van der Waals surface area contributed by atoms with Gasteiger partial charge in [0.1, 0.15) is 6.33 Å². The predicted octanol–water partition coefficient (Wildman–Crippen LogP) is 2.34. The Labute approximate surface area is 141 Å². The van der Waals surface area contributed by atoms with Crippen molar-refractivity contribution in [2.75, 3.05) is 5.32 Å². The second-order valence-electron chi connectivity index (χ2n) is 6.94. The molecule has 6 nitrogen and oxygen atoms in total. The molecule has 3 atom stereocenters. The van der Waals surface area contributed by atoms with E-state index in [9.17, 15) is 4.79 Å². The van der Waals surface area contributed by atoms with Crippen molar-refractivity contribution < 1.29 is 4.79 Å². The Morgan fingerprint density at radius 3 is 3.00 bits per heavy atom. The molecule has 0 bridgehead atoms. The molecule has 2 aliphatic rings. The average Bonchev–Trinajstić information content (AvgIpc) is 3.21. The lowest BCUT2D eigenvalue weighted by molar-refractivity contribution is -0.117. The molecule has 1 aliphatic heterocycles. The number of aromatic nitrogens is 3. The van der Waals surface area contributed by atoms with Crippen molar-refractivity contribution in [1.29, 1.82) is 0 Å². The molecule has 2 fully saturated rings. The fourth-order valence-electron chi connectivity index (χ4n) is 4.03. The van der Waals surface area contributed by atoms with Crippen LogP contribution >= 0.6 is 0 Å². The number of fused-ring (bicyclic) bond motifs is 1. The number of anilines is 1. The van der Waals surface area contributed by atoms with E-state index in [0.717, 1.165) is 23.5 Å². The lowest BCUT2D eigenvalue weighted by atomic mass is 9.85. The van der Waals surface area contributed by atoms with Crippen LogP contribution in [0, 0.1) is 5.92 Å². The number of amides is 1. The molecule has 1 saturated heterocycles. The second kappa shape index (κ2) is 6.36. The van der Waals surface area contributed by atoms with E-state index in [-0.39, 0.29) is 11.9 Å². The first-order valence-electron chi connectivity index (χ1n) is 8.72. The van der Waals surface area contributed by atoms with Crippen LogP contribution in [0.4, 0.5) is 5.69 Å². The molecule has 1 saturated carbocycles. The molecule has 1 aliphatic carbocycles. The predicted molar refractivity (Wildman–Crippen MR) is 92.4 cm³/mol. The lowest BCUT2D eigenvalue weighted by Crippen LogP contribution is -2.39. The summed E-state index contributed by atoms with van der Waals surface area (Å²) >= 11 is 0. The summed E-state index contributed by atoms with van der Waals surface area (Å²) in [6.45, 7) is 0. The van der Waals surface area contributed by atoms with Crippen LogP contribution in [0.2, 0.25) is 0 Å². The third-order valence-electron chi connectivity index (χ3n) is 5.28. The standard InChI is InChI=1S/C18H23N5O/c1-23-11-19-22-17(23)13-6-4-7-14(9-13)20-18(24)16-10-12-5-2-3-8-15(12)21-16/h4,6-7,9,11-12,15-16,21H,2-3,5,8,10H2,1H3,(H,20,24). The topological polar surface area (TPSA) is 71.8 Å². The van der Waals surface area contributed by atoms with Crippen molar-refractivity contribution in [3.63, 3.8) is 0 Å². The van der Waals surface area contributed by atoms with E-state index in [2.05, 4.69) is 20.8 Å². The molecule has 1 aromatic heterocycles. The van der Waals surface area contributed by atoms with Gasteiger partial charge in [0.05, 0.1) is 6.04 Å². The minimum absolute atomic E-state index is 0.0690. The van der Waals surface area contributed by atoms with Gasteiger partial charge in [-0.25, -0.2) is 0 Å². The highest BCUT2D eigenvalue weighted by Gasteiger charge is 2.38. The Morgan fingerprint density at radius 1 is 1.33 bits per heavy atom. The van der Waals surface area contributed by atoms with Crippen LogP contribution < -0.4 is 10.6 Å². The number of rotatable bonds is 3. The fraction of sp³-hybridized carbons (Fsp3) is 0.500. The summed E-state index contributed by atoms with van der Waals surface area (Å²) in [5, 5.41) is 14.6. The van der Waals surface area contributed by atoms with Gasteiger partial charge in [0.25, 0.3) is 0 Å². The van der Waals surface area contributed by atoms with Crippen molar-refractivity contribution in [2.24, 2.45) is 13.0 Å². The summed E-state index contributed by atoms with van der Waals surface area (Å²) in [6.07, 6.45) is 7.67. The van der Waals surface area contributed by atoms with Crippen LogP contribution in [0.5, 0.6) is 0 Å². The first-order valence-corrected chi connectivity index (χ1v) is 8.72. The van der Waals surface area contributed by atoms with Crippen molar-refractivity contribution >= 4 is 11.6 Å². The van der Waals surface area contributed by atoms with Crippen LogP contribution in [0.15, 0.2) is 30.6 Å². The molecule has 6 heteroatoms. The summed E-state index contributed by atoms with van der Waals surface area (Å²) in [7, 11) is 1.91. The van der Waals surface area contributed by atoms with Crippen LogP contribution in [-0.4, -0.2) is 32.8 Å². The minimum atomic E-state index is -0.0726. The zero-order valence-electron chi connectivity index (χ0n) is 13.9. The molecule has 3 unspecified atom stereocenters. The smallest absolute Gasteiger partial charge is 0.241 e. The highest BCUT2D eigenvalue weighted by Crippen LogP contribution is 2.33. The molecule has 4 rings (SSSR count). The molecule has 2 N–H and O–H groups in total. The van der Waals surface area contributed by atoms with Gasteiger partial charge in [-0.15, -0.1) is 10.2 Å². The zero-order chi connectivity index (χ0) is 16.5. The molecule has 1 amide bonds. The van der Waals surface area contributed by atoms with Crippen molar-refractivity contribution in [3.8, 4) is 11.4 Å². The number of nitrogens with zero attached hydrogens (tertiary/aromatic N) is 3. The first kappa shape index (κ1) is 15.3. The SMILES string of the molecule is Cn1cnnc1-c1cccc(NC(=O)C2CC3CCCCC3N2)c1. The zero-order valence-corrected chi connectivity index (χ0v) is 13.9. The van der Waals surface area contributed by atoms with Crippen molar-refractivity contribution in [3.05, 3.63) is 30.6 Å². The van der Waals surface area contributed by atoms with Crippen LogP contribution in [0.1, 0.15) is 32.1 Å². The van der Waals surface area contributed by atoms with Gasteiger partial charge < -0.3 is 15.2 Å². The van der Waals surface area contributed by atoms with E-state index in [1.54, 1.807) is 6.33 Å². The quantitative estimate of drug-likeness (QED) is 0.908. The fourth-order valence-corrected chi connectivity index (χ4v) is 4.03. The third-order valence-corrected chi connectivity index (χ3v) is 5.28. The van der Waals surface area contributed by atoms with Gasteiger partial charge in [-0.1, -0.05) is 25.0 Å². The highest BCUT2D eigenvalue weighted by molar-refractivity contribution is 5.95. The van der Waals surface area contributed by atoms with E-state index in [1.807, 2.05) is 35.9 Å². The average molecular weight is 325 g/mol. The lowest BCUT2D eigenvalue weighted by Gasteiger charge is -2.24. The normalized spacial score (nSPS) is 26.1. The first-order chi connectivity index (χ1) is 11.7. The molecule has 1 aromatic carbocycles. The summed E-state index contributed by atoms with van der Waals surface area (Å²) in [6, 6.07) is 8.23. The van der Waals surface area contributed by atoms with E-state index in [0.29, 0.717) is 12.0 Å². The van der Waals surface area contributed by atoms with Gasteiger partial charge in [0, 0.05) is 24.3 Å². The number of nitrogens with one attached hydrogen (secondary N) is 2. The summed E-state index contributed by atoms with van der Waals surface area (Å²) in [5.74, 6) is 1.52. The molecular weight excluding hydrogens is 302 g/mol. The van der Waals surface area contributed by atoms with E-state index < -0.39 is 0 Å². The molecule has 126 valence electrons.